The summed E-state index contributed by atoms with van der Waals surface area (Å²) >= 11 is 0. The number of hydrogen-bond donors (Lipinski definition) is 0. The van der Waals surface area contributed by atoms with Crippen molar-refractivity contribution in [1.29, 1.82) is 0 Å². The summed E-state index contributed by atoms with van der Waals surface area (Å²) in [5, 5.41) is 1.11. The van der Waals surface area contributed by atoms with Crippen molar-refractivity contribution in [3.8, 4) is 34.2 Å². The number of allylic oxidation sites excluding steroid dienone is 11. The van der Waals surface area contributed by atoms with E-state index in [1.54, 1.807) is 0 Å². The topological polar surface area (TPSA) is 46.8 Å². The van der Waals surface area contributed by atoms with Crippen LogP contribution in [-0.2, 0) is 6.42 Å². The Labute approximate surface area is 347 Å². The van der Waals surface area contributed by atoms with Gasteiger partial charge in [-0.15, -0.1) is 0 Å². The zero-order valence-electron chi connectivity index (χ0n) is 33.8. The number of benzene rings is 5. The van der Waals surface area contributed by atoms with Crippen molar-refractivity contribution in [3.05, 3.63) is 218 Å². The molecular weight excluding hydrogens is 719 g/mol. The summed E-state index contributed by atoms with van der Waals surface area (Å²) in [5.41, 5.74) is 12.8. The molecule has 0 N–H and O–H groups in total. The van der Waals surface area contributed by atoms with Gasteiger partial charge in [-0.05, 0) is 79.5 Å². The lowest BCUT2D eigenvalue weighted by Gasteiger charge is -2.23. The van der Waals surface area contributed by atoms with Gasteiger partial charge in [0, 0.05) is 63.4 Å². The highest BCUT2D eigenvalue weighted by Gasteiger charge is 2.27. The average Bonchev–Trinajstić information content (AvgIpc) is 3.63. The fourth-order valence-corrected chi connectivity index (χ4v) is 7.87. The van der Waals surface area contributed by atoms with Gasteiger partial charge in [0.1, 0.15) is 0 Å². The first-order valence-electron chi connectivity index (χ1n) is 20.0. The van der Waals surface area contributed by atoms with Crippen LogP contribution < -0.4 is 4.90 Å². The van der Waals surface area contributed by atoms with Crippen LogP contribution in [0.2, 0.25) is 0 Å². The number of para-hydroxylation sites is 2. The van der Waals surface area contributed by atoms with Crippen LogP contribution in [0.15, 0.2) is 201 Å². The Morgan fingerprint density at radius 2 is 1.37 bits per heavy atom. The summed E-state index contributed by atoms with van der Waals surface area (Å²) in [5.74, 6) is 1.99. The Hall–Kier alpha value is -7.37. The summed E-state index contributed by atoms with van der Waals surface area (Å²) in [6.45, 7) is 12.9. The molecule has 1 atom stereocenters. The molecule has 0 aliphatic heterocycles. The predicted octanol–water partition coefficient (Wildman–Crippen LogP) is 13.6. The minimum absolute atomic E-state index is 0.110. The normalized spacial score (nSPS) is 14.3. The van der Waals surface area contributed by atoms with Gasteiger partial charge < -0.3 is 9.47 Å². The van der Waals surface area contributed by atoms with Crippen molar-refractivity contribution >= 4 is 39.6 Å². The first kappa shape index (κ1) is 38.5. The van der Waals surface area contributed by atoms with E-state index in [1.165, 1.54) is 5.56 Å². The van der Waals surface area contributed by atoms with Gasteiger partial charge in [-0.3, -0.25) is 0 Å². The van der Waals surface area contributed by atoms with E-state index in [2.05, 4.69) is 140 Å². The van der Waals surface area contributed by atoms with Gasteiger partial charge in [-0.2, -0.15) is 0 Å². The van der Waals surface area contributed by atoms with Crippen LogP contribution in [-0.4, -0.2) is 26.6 Å². The Kier molecular flexibility index (Phi) is 11.4. The minimum Gasteiger partial charge on any atom is -0.344 e. The van der Waals surface area contributed by atoms with Gasteiger partial charge in [-0.25, -0.2) is 15.0 Å². The lowest BCUT2D eigenvalue weighted by molar-refractivity contribution is 0.767. The van der Waals surface area contributed by atoms with E-state index in [1.807, 2.05) is 91.9 Å². The SMILES string of the molecule is C=C/C=C(\C=C(/C)c1ccccc1N(C)c1ccccc1)n1c2c(c3c(-c4nc(-c5ccccc5)nc(-c5ccccc5)n4)cccc31)CC(C(=C)/C=C\C=C/C)C=C2. The molecule has 5 heteroatoms. The molecule has 8 rings (SSSR count). The zero-order valence-corrected chi connectivity index (χ0v) is 33.8. The highest BCUT2D eigenvalue weighted by molar-refractivity contribution is 6.02. The molecule has 1 aliphatic carbocycles. The molecule has 5 nitrogen and oxygen atoms in total. The van der Waals surface area contributed by atoms with Crippen LogP contribution in [0.4, 0.5) is 11.4 Å². The van der Waals surface area contributed by atoms with Crippen molar-refractivity contribution in [2.45, 2.75) is 20.3 Å². The Bertz CT molecular complexity index is 2740. The monoisotopic (exact) mass is 765 g/mol. The maximum absolute atomic E-state index is 5.20. The van der Waals surface area contributed by atoms with Gasteiger partial charge in [0.05, 0.1) is 5.52 Å². The fraction of sp³-hybridized carbons (Fsp3) is 0.0926. The molecule has 0 bridgehead atoms. The van der Waals surface area contributed by atoms with E-state index in [-0.39, 0.29) is 5.92 Å². The number of nitrogens with zero attached hydrogens (tertiary/aromatic N) is 5. The minimum atomic E-state index is 0.110. The van der Waals surface area contributed by atoms with E-state index in [4.69, 9.17) is 15.0 Å². The molecule has 2 heterocycles. The lowest BCUT2D eigenvalue weighted by Crippen LogP contribution is -2.11. The van der Waals surface area contributed by atoms with Crippen LogP contribution in [0.1, 0.15) is 30.7 Å². The molecule has 1 unspecified atom stereocenters. The van der Waals surface area contributed by atoms with Crippen LogP contribution in [0, 0.1) is 5.92 Å². The fourth-order valence-electron chi connectivity index (χ4n) is 7.87. The van der Waals surface area contributed by atoms with E-state index in [0.717, 1.165) is 73.5 Å². The summed E-state index contributed by atoms with van der Waals surface area (Å²) < 4.78 is 2.37. The number of aromatic nitrogens is 4. The first-order chi connectivity index (χ1) is 28.9. The standard InChI is InChI=1S/C54H47N5/c1-6-8-12-23-38(3)42-34-35-49-47(37-42)51-46(54-56-52(40-24-13-9-14-25-40)55-53(57-54)41-26-15-10-16-27-41)31-21-33-50(51)59(49)44(22-7-2)36-39(4)45-30-19-20-32-48(45)58(5)43-28-17-11-18-29-43/h6-36,42H,2-3,37H2,1,4-5H3/b8-6-,23-12-,39-36+,44-22+. The molecule has 0 amide bonds. The van der Waals surface area contributed by atoms with Gasteiger partial charge >= 0.3 is 0 Å². The molecule has 0 fully saturated rings. The van der Waals surface area contributed by atoms with Crippen LogP contribution in [0.3, 0.4) is 0 Å². The summed E-state index contributed by atoms with van der Waals surface area (Å²) in [4.78, 5) is 17.6. The summed E-state index contributed by atoms with van der Waals surface area (Å²) in [6, 6.07) is 45.8. The highest BCUT2D eigenvalue weighted by atomic mass is 15.1. The predicted molar refractivity (Wildman–Crippen MR) is 250 cm³/mol. The maximum atomic E-state index is 5.20. The number of fused-ring (bicyclic) bond motifs is 3. The largest absolute Gasteiger partial charge is 0.344 e. The second-order valence-corrected chi connectivity index (χ2v) is 14.6. The molecule has 0 saturated heterocycles. The van der Waals surface area contributed by atoms with Crippen molar-refractivity contribution in [2.24, 2.45) is 5.92 Å². The third-order valence-corrected chi connectivity index (χ3v) is 10.8. The Morgan fingerprint density at radius 3 is 2.03 bits per heavy atom. The highest BCUT2D eigenvalue weighted by Crippen LogP contribution is 2.42. The smallest absolute Gasteiger partial charge is 0.164 e. The third kappa shape index (κ3) is 7.96. The van der Waals surface area contributed by atoms with Crippen molar-refractivity contribution < 1.29 is 0 Å². The van der Waals surface area contributed by atoms with Crippen molar-refractivity contribution in [2.75, 3.05) is 11.9 Å². The van der Waals surface area contributed by atoms with Gasteiger partial charge in [0.2, 0.25) is 0 Å². The van der Waals surface area contributed by atoms with E-state index in [9.17, 15) is 0 Å². The molecule has 0 radical (unpaired) electrons. The van der Waals surface area contributed by atoms with Gasteiger partial charge in [-0.1, -0.05) is 159 Å². The summed E-state index contributed by atoms with van der Waals surface area (Å²) in [7, 11) is 2.12. The van der Waals surface area contributed by atoms with Gasteiger partial charge in [0.25, 0.3) is 0 Å². The maximum Gasteiger partial charge on any atom is 0.164 e. The van der Waals surface area contributed by atoms with Crippen molar-refractivity contribution in [3.63, 3.8) is 0 Å². The van der Waals surface area contributed by atoms with Crippen LogP contribution >= 0.6 is 0 Å². The third-order valence-electron chi connectivity index (χ3n) is 10.8. The quantitative estimate of drug-likeness (QED) is 0.116. The summed E-state index contributed by atoms with van der Waals surface area (Å²) in [6.07, 6.45) is 19.8. The Balaban J connectivity index is 1.34. The average molecular weight is 766 g/mol. The molecular formula is C54H47N5. The van der Waals surface area contributed by atoms with E-state index in [0.29, 0.717) is 17.5 Å². The molecule has 2 aromatic heterocycles. The molecule has 7 aromatic rings. The molecule has 5 aromatic carbocycles. The van der Waals surface area contributed by atoms with E-state index >= 15 is 0 Å². The number of hydrogen-bond acceptors (Lipinski definition) is 4. The zero-order chi connectivity index (χ0) is 40.7. The molecule has 288 valence electrons. The first-order valence-corrected chi connectivity index (χ1v) is 20.0. The second-order valence-electron chi connectivity index (χ2n) is 14.6. The molecule has 1 aliphatic rings. The molecule has 0 saturated carbocycles. The van der Waals surface area contributed by atoms with Crippen LogP contribution in [0.25, 0.3) is 62.4 Å². The number of anilines is 2. The Morgan fingerprint density at radius 1 is 0.746 bits per heavy atom. The van der Waals surface area contributed by atoms with Crippen molar-refractivity contribution in [1.82, 2.24) is 19.5 Å². The lowest BCUT2D eigenvalue weighted by atomic mass is 9.86. The van der Waals surface area contributed by atoms with E-state index < -0.39 is 0 Å². The molecule has 59 heavy (non-hydrogen) atoms. The second kappa shape index (κ2) is 17.4. The van der Waals surface area contributed by atoms with Gasteiger partial charge in [0.15, 0.2) is 17.5 Å². The van der Waals surface area contributed by atoms with Crippen LogP contribution in [0.5, 0.6) is 0 Å². The number of rotatable bonds is 12. The molecule has 0 spiro atoms.